The third kappa shape index (κ3) is 4.37. The molecule has 0 aromatic heterocycles. The number of hydrogen-bond donors (Lipinski definition) is 1. The topological polar surface area (TPSA) is 72.5 Å². The highest BCUT2D eigenvalue weighted by molar-refractivity contribution is 7.92. The van der Waals surface area contributed by atoms with E-state index in [1.54, 1.807) is 42.5 Å². The molecule has 1 amide bonds. The predicted octanol–water partition coefficient (Wildman–Crippen LogP) is 4.07. The number of halogens is 1. The Balaban J connectivity index is 1.65. The molecule has 2 aromatic carbocycles. The Morgan fingerprint density at radius 2 is 1.85 bits per heavy atom. The number of carbonyl (C=O) groups excluding carboxylic acids is 1. The first-order valence-electron chi connectivity index (χ1n) is 8.48. The van der Waals surface area contributed by atoms with E-state index in [0.717, 1.165) is 12.8 Å². The van der Waals surface area contributed by atoms with E-state index in [2.05, 4.69) is 5.32 Å². The zero-order valence-electron chi connectivity index (χ0n) is 14.2. The molecule has 0 aliphatic heterocycles. The van der Waals surface area contributed by atoms with Crippen LogP contribution in [0.5, 0.6) is 5.75 Å². The molecule has 0 unspecified atom stereocenters. The van der Waals surface area contributed by atoms with Crippen LogP contribution in [0.15, 0.2) is 53.4 Å². The predicted molar refractivity (Wildman–Crippen MR) is 101 cm³/mol. The van der Waals surface area contributed by atoms with E-state index in [1.807, 2.05) is 0 Å². The van der Waals surface area contributed by atoms with Crippen molar-refractivity contribution in [3.8, 4) is 5.75 Å². The highest BCUT2D eigenvalue weighted by Gasteiger charge is 2.30. The summed E-state index contributed by atoms with van der Waals surface area (Å²) in [6.07, 6.45) is 3.29. The van der Waals surface area contributed by atoms with Gasteiger partial charge in [0.2, 0.25) is 0 Å². The van der Waals surface area contributed by atoms with E-state index in [4.69, 9.17) is 16.3 Å². The lowest BCUT2D eigenvalue weighted by molar-refractivity contribution is -0.118. The lowest BCUT2D eigenvalue weighted by Gasteiger charge is -2.13. The molecule has 7 heteroatoms. The molecule has 0 bridgehead atoms. The maximum atomic E-state index is 12.7. The van der Waals surface area contributed by atoms with Crippen LogP contribution in [-0.4, -0.2) is 26.2 Å². The number of benzene rings is 2. The quantitative estimate of drug-likeness (QED) is 0.802. The molecule has 3 rings (SSSR count). The third-order valence-electron chi connectivity index (χ3n) is 4.38. The highest BCUT2D eigenvalue weighted by atomic mass is 35.5. The molecule has 1 aliphatic carbocycles. The molecule has 2 aromatic rings. The van der Waals surface area contributed by atoms with Gasteiger partial charge in [0.05, 0.1) is 15.2 Å². The molecule has 1 saturated carbocycles. The molecule has 0 spiro atoms. The van der Waals surface area contributed by atoms with Gasteiger partial charge in [-0.2, -0.15) is 0 Å². The van der Waals surface area contributed by atoms with Gasteiger partial charge in [-0.25, -0.2) is 8.42 Å². The summed E-state index contributed by atoms with van der Waals surface area (Å²) in [5, 5.41) is 2.76. The second kappa shape index (κ2) is 8.10. The van der Waals surface area contributed by atoms with Crippen molar-refractivity contribution < 1.29 is 17.9 Å². The molecule has 0 heterocycles. The highest BCUT2D eigenvalue weighted by Crippen LogP contribution is 2.30. The number of anilines is 1. The van der Waals surface area contributed by atoms with E-state index in [-0.39, 0.29) is 22.7 Å². The van der Waals surface area contributed by atoms with Crippen molar-refractivity contribution in [3.05, 3.63) is 53.6 Å². The summed E-state index contributed by atoms with van der Waals surface area (Å²) in [5.41, 5.74) is 0.428. The minimum atomic E-state index is -3.36. The number of amides is 1. The summed E-state index contributed by atoms with van der Waals surface area (Å²) >= 11 is 5.98. The van der Waals surface area contributed by atoms with Gasteiger partial charge in [-0.1, -0.05) is 42.6 Å². The van der Waals surface area contributed by atoms with Crippen molar-refractivity contribution in [3.63, 3.8) is 0 Å². The minimum absolute atomic E-state index is 0.219. The van der Waals surface area contributed by atoms with Crippen molar-refractivity contribution in [2.45, 2.75) is 35.8 Å². The van der Waals surface area contributed by atoms with E-state index in [0.29, 0.717) is 29.3 Å². The number of rotatable bonds is 6. The lowest BCUT2D eigenvalue weighted by atomic mass is 10.3. The van der Waals surface area contributed by atoms with Gasteiger partial charge in [-0.15, -0.1) is 0 Å². The zero-order chi connectivity index (χ0) is 18.6. The summed E-state index contributed by atoms with van der Waals surface area (Å²) in [6.45, 7) is -0.219. The lowest BCUT2D eigenvalue weighted by Crippen LogP contribution is -2.21. The Morgan fingerprint density at radius 1 is 1.12 bits per heavy atom. The smallest absolute Gasteiger partial charge is 0.262 e. The molecule has 0 radical (unpaired) electrons. The fraction of sp³-hybridized carbons (Fsp3) is 0.316. The number of carbonyl (C=O) groups is 1. The molecule has 1 N–H and O–H groups in total. The van der Waals surface area contributed by atoms with Crippen LogP contribution in [0.3, 0.4) is 0 Å². The second-order valence-corrected chi connectivity index (χ2v) is 8.88. The zero-order valence-corrected chi connectivity index (χ0v) is 15.7. The molecule has 0 saturated heterocycles. The van der Waals surface area contributed by atoms with Gasteiger partial charge in [-0.05, 0) is 43.2 Å². The van der Waals surface area contributed by atoms with E-state index >= 15 is 0 Å². The Labute approximate surface area is 158 Å². The van der Waals surface area contributed by atoms with Crippen molar-refractivity contribution in [2.75, 3.05) is 11.9 Å². The first kappa shape index (κ1) is 18.7. The fourth-order valence-corrected chi connectivity index (χ4v) is 5.13. The van der Waals surface area contributed by atoms with Crippen LogP contribution in [0, 0.1) is 0 Å². The van der Waals surface area contributed by atoms with Crippen molar-refractivity contribution in [1.82, 2.24) is 0 Å². The van der Waals surface area contributed by atoms with Gasteiger partial charge in [-0.3, -0.25) is 4.79 Å². The van der Waals surface area contributed by atoms with Crippen LogP contribution < -0.4 is 10.1 Å². The van der Waals surface area contributed by atoms with Crippen LogP contribution in [-0.2, 0) is 14.6 Å². The van der Waals surface area contributed by atoms with Crippen LogP contribution >= 0.6 is 11.6 Å². The van der Waals surface area contributed by atoms with E-state index < -0.39 is 9.84 Å². The largest absolute Gasteiger partial charge is 0.482 e. The normalized spacial score (nSPS) is 15.0. The summed E-state index contributed by atoms with van der Waals surface area (Å²) in [7, 11) is -3.36. The van der Waals surface area contributed by atoms with Gasteiger partial charge in [0.25, 0.3) is 5.91 Å². The molecule has 26 heavy (non-hydrogen) atoms. The van der Waals surface area contributed by atoms with Crippen LogP contribution in [0.2, 0.25) is 5.02 Å². The van der Waals surface area contributed by atoms with E-state index in [1.165, 1.54) is 6.07 Å². The first-order chi connectivity index (χ1) is 12.5. The maximum absolute atomic E-state index is 12.7. The summed E-state index contributed by atoms with van der Waals surface area (Å²) in [4.78, 5) is 12.3. The fourth-order valence-electron chi connectivity index (χ4n) is 3.04. The minimum Gasteiger partial charge on any atom is -0.482 e. The Morgan fingerprint density at radius 3 is 2.58 bits per heavy atom. The van der Waals surface area contributed by atoms with Gasteiger partial charge >= 0.3 is 0 Å². The standard InChI is InChI=1S/C19H20ClNO4S/c20-17-10-3-4-11-18(17)25-13-19(22)21-14-6-5-9-16(12-14)26(23,24)15-7-1-2-8-15/h3-6,9-12,15H,1-2,7-8,13H2,(H,21,22). The molecule has 5 nitrogen and oxygen atoms in total. The number of nitrogens with one attached hydrogen (secondary N) is 1. The number of sulfone groups is 1. The van der Waals surface area contributed by atoms with Crippen molar-refractivity contribution >= 4 is 33.0 Å². The molecular weight excluding hydrogens is 374 g/mol. The molecule has 0 atom stereocenters. The van der Waals surface area contributed by atoms with E-state index in [9.17, 15) is 13.2 Å². The van der Waals surface area contributed by atoms with Gasteiger partial charge in [0, 0.05) is 5.69 Å². The molecular formula is C19H20ClNO4S. The Kier molecular flexibility index (Phi) is 5.84. The van der Waals surface area contributed by atoms with Crippen LogP contribution in [0.25, 0.3) is 0 Å². The van der Waals surface area contributed by atoms with Crippen molar-refractivity contribution in [2.24, 2.45) is 0 Å². The second-order valence-electron chi connectivity index (χ2n) is 6.25. The average molecular weight is 394 g/mol. The Bertz CT molecular complexity index is 892. The van der Waals surface area contributed by atoms with Crippen LogP contribution in [0.1, 0.15) is 25.7 Å². The average Bonchev–Trinajstić information content (AvgIpc) is 3.17. The van der Waals surface area contributed by atoms with Gasteiger partial charge < -0.3 is 10.1 Å². The first-order valence-corrected chi connectivity index (χ1v) is 10.4. The van der Waals surface area contributed by atoms with Gasteiger partial charge in [0.15, 0.2) is 16.4 Å². The SMILES string of the molecule is O=C(COc1ccccc1Cl)Nc1cccc(S(=O)(=O)C2CCCC2)c1. The molecule has 1 aliphatic rings. The Hall–Kier alpha value is -2.05. The number of para-hydroxylation sites is 1. The van der Waals surface area contributed by atoms with Crippen molar-refractivity contribution in [1.29, 1.82) is 0 Å². The summed E-state index contributed by atoms with van der Waals surface area (Å²) in [6, 6.07) is 13.2. The summed E-state index contributed by atoms with van der Waals surface area (Å²) < 4.78 is 30.7. The molecule has 1 fully saturated rings. The summed E-state index contributed by atoms with van der Waals surface area (Å²) in [5.74, 6) is 0.0298. The van der Waals surface area contributed by atoms with Gasteiger partial charge in [0.1, 0.15) is 5.75 Å². The molecule has 138 valence electrons. The third-order valence-corrected chi connectivity index (χ3v) is 6.96. The maximum Gasteiger partial charge on any atom is 0.262 e. The van der Waals surface area contributed by atoms with Crippen LogP contribution in [0.4, 0.5) is 5.69 Å². The monoisotopic (exact) mass is 393 g/mol. The number of ether oxygens (including phenoxy) is 1. The number of hydrogen-bond acceptors (Lipinski definition) is 4.